The maximum Gasteiger partial charge on any atom is 0.157 e. The molecule has 0 saturated heterocycles. The van der Waals surface area contributed by atoms with E-state index in [0.717, 1.165) is 0 Å². The molecule has 5 heteroatoms. The summed E-state index contributed by atoms with van der Waals surface area (Å²) in [6.45, 7) is 0. The van der Waals surface area contributed by atoms with Gasteiger partial charge in [0.15, 0.2) is 11.5 Å². The van der Waals surface area contributed by atoms with Crippen molar-refractivity contribution in [1.82, 2.24) is 0 Å². The molecule has 2 N–H and O–H groups in total. The van der Waals surface area contributed by atoms with E-state index < -0.39 is 0 Å². The molecule has 11 heavy (non-hydrogen) atoms. The van der Waals surface area contributed by atoms with Gasteiger partial charge in [0.25, 0.3) is 0 Å². The van der Waals surface area contributed by atoms with E-state index in [4.69, 9.17) is 10.2 Å². The zero-order valence-corrected chi connectivity index (χ0v) is 12.8. The first-order valence-electron chi connectivity index (χ1n) is 2.27. The third-order valence-electron chi connectivity index (χ3n) is 0.882. The van der Waals surface area contributed by atoms with Crippen LogP contribution < -0.4 is 0 Å². The Morgan fingerprint density at radius 3 is 1.36 bits per heavy atom. The molecule has 0 aliphatic rings. The second-order valence-corrected chi connectivity index (χ2v) is 1.49. The third-order valence-corrected chi connectivity index (χ3v) is 0.882. The van der Waals surface area contributed by atoms with Crippen LogP contribution in [0.15, 0.2) is 24.3 Å². The van der Waals surface area contributed by atoms with Gasteiger partial charge in [0.2, 0.25) is 0 Å². The molecule has 2 nitrogen and oxygen atoms in total. The number of aromatic hydroxyl groups is 2. The molecule has 0 aromatic heterocycles. The van der Waals surface area contributed by atoms with Gasteiger partial charge in [-0.15, -0.1) is 0 Å². The quantitative estimate of drug-likeness (QED) is 0.496. The van der Waals surface area contributed by atoms with Gasteiger partial charge in [0, 0.05) is 98.0 Å². The van der Waals surface area contributed by atoms with Crippen molar-refractivity contribution in [2.45, 2.75) is 0 Å². The van der Waals surface area contributed by atoms with Gasteiger partial charge in [0.1, 0.15) is 0 Å². The van der Waals surface area contributed by atoms with E-state index in [1.807, 2.05) is 0 Å². The monoisotopic (exact) mass is 228 g/mol. The Labute approximate surface area is 141 Å². The molecule has 1 aromatic rings. The van der Waals surface area contributed by atoms with Crippen molar-refractivity contribution < 1.29 is 27.3 Å². The molecule has 52 valence electrons. The molecule has 0 bridgehead atoms. The van der Waals surface area contributed by atoms with E-state index >= 15 is 0 Å². The maximum atomic E-state index is 8.67. The van der Waals surface area contributed by atoms with Crippen molar-refractivity contribution in [2.75, 3.05) is 0 Å². The molecule has 0 atom stereocenters. The Hall–Kier alpha value is 1.98. The van der Waals surface area contributed by atoms with Crippen molar-refractivity contribution in [3.63, 3.8) is 0 Å². The fourth-order valence-electron chi connectivity index (χ4n) is 0.464. The molecule has 0 aliphatic heterocycles. The summed E-state index contributed by atoms with van der Waals surface area (Å²) in [5.74, 6) is -0.153. The van der Waals surface area contributed by atoms with Gasteiger partial charge < -0.3 is 10.2 Å². The van der Waals surface area contributed by atoms with Crippen molar-refractivity contribution in [3.05, 3.63) is 24.3 Å². The van der Waals surface area contributed by atoms with Crippen LogP contribution in [0, 0.1) is 0 Å². The zero-order chi connectivity index (χ0) is 5.98. The average molecular weight is 228 g/mol. The first-order chi connectivity index (χ1) is 3.80. The summed E-state index contributed by atoms with van der Waals surface area (Å²) in [6, 6.07) is 6.15. The van der Waals surface area contributed by atoms with Gasteiger partial charge in [0.05, 0.1) is 0 Å². The van der Waals surface area contributed by atoms with Crippen molar-refractivity contribution in [3.8, 4) is 11.5 Å². The number of benzene rings is 1. The van der Waals surface area contributed by atoms with E-state index in [0.29, 0.717) is 0 Å². The van der Waals surface area contributed by atoms with Crippen LogP contribution in [-0.2, 0) is 17.1 Å². The number of hydrogen-bond donors (Lipinski definition) is 2. The summed E-state index contributed by atoms with van der Waals surface area (Å²) in [5.41, 5.74) is 0. The summed E-state index contributed by atoms with van der Waals surface area (Å²) >= 11 is 0. The Balaban J connectivity index is -0.000000213. The minimum Gasteiger partial charge on any atom is -0.504 e. The molecule has 0 saturated carbocycles. The van der Waals surface area contributed by atoms with Gasteiger partial charge in [-0.1, -0.05) is 12.1 Å². The summed E-state index contributed by atoms with van der Waals surface area (Å²) in [6.07, 6.45) is 0. The van der Waals surface area contributed by atoms with Gasteiger partial charge in [-0.25, -0.2) is 0 Å². The van der Waals surface area contributed by atoms with Crippen LogP contribution in [-0.4, -0.2) is 91.2 Å². The maximum absolute atomic E-state index is 8.67. The third kappa shape index (κ3) is 7.08. The minimum atomic E-state index is -0.0764. The molecular formula is C6H6FeKNaO2. The standard InChI is InChI=1S/C6H6O2.Fe.K.Na/c7-5-3-1-2-4-6(5)8;;;/h1-4,7-8H;;;. The van der Waals surface area contributed by atoms with Crippen molar-refractivity contribution >= 4 is 80.9 Å². The van der Waals surface area contributed by atoms with E-state index in [2.05, 4.69) is 0 Å². The first-order valence-corrected chi connectivity index (χ1v) is 2.27. The number of phenolic OH excluding ortho intramolecular Hbond substituents is 2. The van der Waals surface area contributed by atoms with Crippen LogP contribution in [0.1, 0.15) is 0 Å². The van der Waals surface area contributed by atoms with Crippen LogP contribution in [0.5, 0.6) is 11.5 Å². The predicted octanol–water partition coefficient (Wildman–Crippen LogP) is 0.334. The SMILES string of the molecule is Oc1ccccc1O.[Fe].[K].[Na]. The molecule has 0 aliphatic carbocycles. The van der Waals surface area contributed by atoms with Crippen LogP contribution >= 0.6 is 0 Å². The van der Waals surface area contributed by atoms with Gasteiger partial charge in [-0.2, -0.15) is 0 Å². The second kappa shape index (κ2) is 10.1. The Bertz CT molecular complexity index is 177. The number of para-hydroxylation sites is 2. The molecule has 2 radical (unpaired) electrons. The van der Waals surface area contributed by atoms with Crippen molar-refractivity contribution in [2.24, 2.45) is 0 Å². The average Bonchev–Trinajstić information content (AvgIpc) is 1.77. The van der Waals surface area contributed by atoms with E-state index in [1.54, 1.807) is 12.1 Å². The fourth-order valence-corrected chi connectivity index (χ4v) is 0.464. The largest absolute Gasteiger partial charge is 0.504 e. The van der Waals surface area contributed by atoms with Crippen LogP contribution in [0.2, 0.25) is 0 Å². The van der Waals surface area contributed by atoms with Gasteiger partial charge in [-0.3, -0.25) is 0 Å². The molecule has 0 spiro atoms. The number of rotatable bonds is 0. The second-order valence-electron chi connectivity index (χ2n) is 1.49. The first kappa shape index (κ1) is 18.7. The normalized spacial score (nSPS) is 6.55. The summed E-state index contributed by atoms with van der Waals surface area (Å²) in [5, 5.41) is 17.3. The smallest absolute Gasteiger partial charge is 0.157 e. The molecule has 0 amide bonds. The van der Waals surface area contributed by atoms with E-state index in [-0.39, 0.29) is 110 Å². The van der Waals surface area contributed by atoms with E-state index in [9.17, 15) is 0 Å². The molecule has 0 heterocycles. The van der Waals surface area contributed by atoms with Gasteiger partial charge >= 0.3 is 0 Å². The molecule has 0 fully saturated rings. The fraction of sp³-hybridized carbons (Fsp3) is 0. The van der Waals surface area contributed by atoms with E-state index in [1.165, 1.54) is 12.1 Å². The summed E-state index contributed by atoms with van der Waals surface area (Å²) in [7, 11) is 0. The molecule has 0 unspecified atom stereocenters. The number of phenols is 2. The number of hydrogen-bond acceptors (Lipinski definition) is 2. The van der Waals surface area contributed by atoms with Crippen LogP contribution in [0.25, 0.3) is 0 Å². The molecule has 1 rings (SSSR count). The van der Waals surface area contributed by atoms with Crippen LogP contribution in [0.3, 0.4) is 0 Å². The minimum absolute atomic E-state index is 0. The molecular weight excluding hydrogens is 222 g/mol. The summed E-state index contributed by atoms with van der Waals surface area (Å²) < 4.78 is 0. The Morgan fingerprint density at radius 2 is 1.18 bits per heavy atom. The van der Waals surface area contributed by atoms with Gasteiger partial charge in [-0.05, 0) is 12.1 Å². The van der Waals surface area contributed by atoms with Crippen molar-refractivity contribution in [1.29, 1.82) is 0 Å². The molecule has 1 aromatic carbocycles. The predicted molar refractivity (Wildman–Crippen MR) is 41.3 cm³/mol. The zero-order valence-electron chi connectivity index (χ0n) is 6.56. The topological polar surface area (TPSA) is 40.5 Å². The van der Waals surface area contributed by atoms with Crippen LogP contribution in [0.4, 0.5) is 0 Å². The summed E-state index contributed by atoms with van der Waals surface area (Å²) in [4.78, 5) is 0. The Kier molecular flexibility index (Phi) is 17.1. The Morgan fingerprint density at radius 1 is 0.909 bits per heavy atom.